The van der Waals surface area contributed by atoms with Crippen molar-refractivity contribution in [1.29, 1.82) is 0 Å². The van der Waals surface area contributed by atoms with Gasteiger partial charge in [0.05, 0.1) is 18.2 Å². The van der Waals surface area contributed by atoms with Gasteiger partial charge in [-0.25, -0.2) is 18.7 Å². The second kappa shape index (κ2) is 9.45. The van der Waals surface area contributed by atoms with Crippen molar-refractivity contribution in [2.45, 2.75) is 31.2 Å². The zero-order valence-corrected chi connectivity index (χ0v) is 17.9. The summed E-state index contributed by atoms with van der Waals surface area (Å²) in [7, 11) is 0. The van der Waals surface area contributed by atoms with E-state index in [2.05, 4.69) is 15.3 Å². The molecule has 4 rings (SSSR count). The number of nitrogens with zero attached hydrogens (tertiary/aromatic N) is 4. The summed E-state index contributed by atoms with van der Waals surface area (Å²) in [5, 5.41) is 14.0. The minimum Gasteiger partial charge on any atom is -0.619 e. The molecule has 33 heavy (non-hydrogen) atoms. The molecule has 0 aliphatic carbocycles. The van der Waals surface area contributed by atoms with E-state index >= 15 is 0 Å². The Hall–Kier alpha value is -3.66. The van der Waals surface area contributed by atoms with Crippen molar-refractivity contribution in [2.24, 2.45) is 0 Å². The summed E-state index contributed by atoms with van der Waals surface area (Å²) in [6.07, 6.45) is 5.10. The molecule has 172 valence electrons. The molecular weight excluding hydrogens is 432 g/mol. The van der Waals surface area contributed by atoms with Gasteiger partial charge in [-0.1, -0.05) is 6.07 Å². The molecule has 0 spiro atoms. The third-order valence-electron chi connectivity index (χ3n) is 5.66. The minimum absolute atomic E-state index is 0.00522. The van der Waals surface area contributed by atoms with Crippen LogP contribution < -0.4 is 14.8 Å². The Morgan fingerprint density at radius 1 is 1.24 bits per heavy atom. The van der Waals surface area contributed by atoms with E-state index < -0.39 is 17.9 Å². The van der Waals surface area contributed by atoms with E-state index in [1.54, 1.807) is 48.4 Å². The summed E-state index contributed by atoms with van der Waals surface area (Å²) < 4.78 is 35.3. The molecule has 4 heterocycles. The number of piperidine rings is 1. The van der Waals surface area contributed by atoms with Gasteiger partial charge in [0.2, 0.25) is 11.8 Å². The van der Waals surface area contributed by atoms with Crippen LogP contribution in [0.4, 0.5) is 14.6 Å². The number of ether oxygens (including phenoxy) is 1. The molecule has 0 radical (unpaired) electrons. The summed E-state index contributed by atoms with van der Waals surface area (Å²) in [6, 6.07) is 10.7. The maximum atomic E-state index is 14.6. The van der Waals surface area contributed by atoms with Crippen molar-refractivity contribution in [3.05, 3.63) is 78.0 Å². The molecule has 10 heteroatoms. The number of aromatic nitrogens is 3. The lowest BCUT2D eigenvalue weighted by Crippen LogP contribution is -2.52. The third-order valence-corrected chi connectivity index (χ3v) is 5.66. The first kappa shape index (κ1) is 22.5. The molecule has 1 amide bonds. The van der Waals surface area contributed by atoms with Gasteiger partial charge in [0.15, 0.2) is 12.4 Å². The van der Waals surface area contributed by atoms with Crippen LogP contribution in [0.5, 0.6) is 11.6 Å². The highest BCUT2D eigenvalue weighted by molar-refractivity contribution is 5.93. The van der Waals surface area contributed by atoms with E-state index in [0.717, 1.165) is 0 Å². The van der Waals surface area contributed by atoms with E-state index in [9.17, 15) is 18.8 Å². The highest BCUT2D eigenvalue weighted by Gasteiger charge is 2.46. The molecule has 0 bridgehead atoms. The van der Waals surface area contributed by atoms with Gasteiger partial charge in [0.1, 0.15) is 11.6 Å². The fraction of sp³-hybridized carbons (Fsp3) is 0.304. The number of hydrogen-bond donors (Lipinski definition) is 1. The Morgan fingerprint density at radius 2 is 2.03 bits per heavy atom. The zero-order valence-electron chi connectivity index (χ0n) is 17.9. The van der Waals surface area contributed by atoms with Crippen molar-refractivity contribution in [2.75, 3.05) is 18.4 Å². The van der Waals surface area contributed by atoms with Crippen LogP contribution in [0.25, 0.3) is 0 Å². The Labute approximate surface area is 189 Å². The molecule has 1 aliphatic rings. The number of rotatable bonds is 6. The Balaban J connectivity index is 1.38. The maximum Gasteiger partial charge on any atom is 0.257 e. The van der Waals surface area contributed by atoms with Crippen LogP contribution in [0.2, 0.25) is 0 Å². The summed E-state index contributed by atoms with van der Waals surface area (Å²) in [5.41, 5.74) is 0.370. The van der Waals surface area contributed by atoms with Gasteiger partial charge in [0, 0.05) is 43.9 Å². The molecule has 0 saturated carbocycles. The number of pyridine rings is 3. The third kappa shape index (κ3) is 5.40. The number of anilines is 1. The molecule has 1 saturated heterocycles. The molecule has 1 fully saturated rings. The predicted molar refractivity (Wildman–Crippen MR) is 116 cm³/mol. The van der Waals surface area contributed by atoms with Gasteiger partial charge in [-0.3, -0.25) is 9.69 Å². The molecule has 1 aliphatic heterocycles. The molecule has 0 unspecified atom stereocenters. The van der Waals surface area contributed by atoms with Crippen LogP contribution in [0.1, 0.15) is 24.8 Å². The lowest BCUT2D eigenvalue weighted by molar-refractivity contribution is -0.605. The molecular formula is C23H23F2N5O3. The molecule has 2 atom stereocenters. The second-order valence-corrected chi connectivity index (χ2v) is 7.86. The van der Waals surface area contributed by atoms with E-state index in [-0.39, 0.29) is 25.4 Å². The number of likely N-dealkylation sites (tertiary alicyclic amines) is 1. The molecule has 3 aromatic rings. The highest BCUT2D eigenvalue weighted by atomic mass is 19.3. The average molecular weight is 455 g/mol. The monoisotopic (exact) mass is 455 g/mol. The molecule has 0 aromatic carbocycles. The Bertz CT molecular complexity index is 1080. The molecule has 3 aromatic heterocycles. The number of carbonyl (C=O) groups is 1. The number of carbonyl (C=O) groups excluding carboxylic acids is 1. The minimum atomic E-state index is -2.92. The van der Waals surface area contributed by atoms with Gasteiger partial charge < -0.3 is 15.3 Å². The van der Waals surface area contributed by atoms with Crippen LogP contribution in [0.15, 0.2) is 67.3 Å². The number of nitrogens with one attached hydrogen (secondary N) is 1. The van der Waals surface area contributed by atoms with E-state index in [1.807, 2.05) is 0 Å². The second-order valence-electron chi connectivity index (χ2n) is 7.86. The van der Waals surface area contributed by atoms with Crippen LogP contribution in [-0.4, -0.2) is 45.8 Å². The first-order valence-corrected chi connectivity index (χ1v) is 10.5. The van der Waals surface area contributed by atoms with Crippen molar-refractivity contribution in [3.8, 4) is 11.6 Å². The Kier molecular flexibility index (Phi) is 6.45. The first-order valence-electron chi connectivity index (χ1n) is 10.5. The van der Waals surface area contributed by atoms with Gasteiger partial charge >= 0.3 is 0 Å². The maximum absolute atomic E-state index is 14.6. The van der Waals surface area contributed by atoms with Crippen LogP contribution in [0, 0.1) is 5.21 Å². The number of amides is 1. The summed E-state index contributed by atoms with van der Waals surface area (Å²) >= 11 is 0. The first-order chi connectivity index (χ1) is 15.8. The standard InChI is InChI=1S/C23H23F2N5O3/c1-16(29-13-9-23(24,25)19(15-29)17-7-11-30(32)12-8-17)22(31)28-20-6-5-18(14-27-20)33-21-4-2-3-10-26-21/h2-8,10-12,14,16,19H,9,13,15H2,1H3,(H,27,28,31)/t16-,19+/m0/s1. The van der Waals surface area contributed by atoms with Crippen LogP contribution >= 0.6 is 0 Å². The predicted octanol–water partition coefficient (Wildman–Crippen LogP) is 3.35. The highest BCUT2D eigenvalue weighted by Crippen LogP contribution is 2.40. The van der Waals surface area contributed by atoms with E-state index in [4.69, 9.17) is 4.74 Å². The summed E-state index contributed by atoms with van der Waals surface area (Å²) in [4.78, 5) is 22.7. The topological polar surface area (TPSA) is 94.3 Å². The van der Waals surface area contributed by atoms with Crippen LogP contribution in [-0.2, 0) is 4.79 Å². The quantitative estimate of drug-likeness (QED) is 0.453. The Morgan fingerprint density at radius 3 is 2.70 bits per heavy atom. The van der Waals surface area contributed by atoms with Crippen molar-refractivity contribution in [1.82, 2.24) is 14.9 Å². The van der Waals surface area contributed by atoms with Crippen molar-refractivity contribution in [3.63, 3.8) is 0 Å². The summed E-state index contributed by atoms with van der Waals surface area (Å²) in [5.74, 6) is -3.18. The van der Waals surface area contributed by atoms with Crippen LogP contribution in [0.3, 0.4) is 0 Å². The molecule has 8 nitrogen and oxygen atoms in total. The average Bonchev–Trinajstić information content (AvgIpc) is 2.81. The van der Waals surface area contributed by atoms with Gasteiger partial charge in [0.25, 0.3) is 5.92 Å². The normalized spacial score (nSPS) is 18.9. The van der Waals surface area contributed by atoms with Gasteiger partial charge in [-0.2, -0.15) is 4.73 Å². The largest absolute Gasteiger partial charge is 0.619 e. The number of halogens is 2. The van der Waals surface area contributed by atoms with Gasteiger partial charge in [-0.15, -0.1) is 0 Å². The van der Waals surface area contributed by atoms with Crippen molar-refractivity contribution < 1.29 is 23.0 Å². The van der Waals surface area contributed by atoms with Crippen molar-refractivity contribution >= 4 is 11.7 Å². The SMILES string of the molecule is C[C@@H](C(=O)Nc1ccc(Oc2ccccn2)cn1)N1CCC(F)(F)[C@@H](c2cc[n+]([O-])cc2)C1. The number of hydrogen-bond acceptors (Lipinski definition) is 6. The lowest BCUT2D eigenvalue weighted by Gasteiger charge is -2.40. The zero-order chi connectivity index (χ0) is 23.4. The lowest BCUT2D eigenvalue weighted by atomic mass is 9.87. The van der Waals surface area contributed by atoms with E-state index in [1.165, 1.54) is 30.7 Å². The van der Waals surface area contributed by atoms with Gasteiger partial charge in [-0.05, 0) is 30.7 Å². The fourth-order valence-electron chi connectivity index (χ4n) is 3.72. The smallest absolute Gasteiger partial charge is 0.257 e. The van der Waals surface area contributed by atoms with E-state index in [0.29, 0.717) is 27.7 Å². The fourth-order valence-corrected chi connectivity index (χ4v) is 3.72. The summed E-state index contributed by atoms with van der Waals surface area (Å²) in [6.45, 7) is 1.75. The number of alkyl halides is 2. The molecule has 1 N–H and O–H groups in total.